The Labute approximate surface area is 167 Å². The van der Waals surface area contributed by atoms with Crippen LogP contribution in [0.2, 0.25) is 0 Å². The minimum absolute atomic E-state index is 0.144. The van der Waals surface area contributed by atoms with Crippen LogP contribution < -0.4 is 0 Å². The van der Waals surface area contributed by atoms with Crippen LogP contribution in [0.1, 0.15) is 115 Å². The number of esters is 1. The molecule has 0 saturated heterocycles. The largest absolute Gasteiger partial charge is 0.455 e. The quantitative estimate of drug-likeness (QED) is 0.462. The lowest BCUT2D eigenvalue weighted by Gasteiger charge is -2.37. The highest BCUT2D eigenvalue weighted by Gasteiger charge is 2.36. The van der Waals surface area contributed by atoms with Gasteiger partial charge in [-0.25, -0.2) is 4.79 Å². The SMILES string of the molecule is CCC(C)(C)CC(c1cccc(C(=O)OC2(CC)CCCC2)c1)C(C)(C)C. The predicted molar refractivity (Wildman–Crippen MR) is 114 cm³/mol. The molecule has 0 radical (unpaired) electrons. The van der Waals surface area contributed by atoms with Crippen LogP contribution in [0.5, 0.6) is 0 Å². The molecule has 1 unspecified atom stereocenters. The van der Waals surface area contributed by atoms with Gasteiger partial charge in [0.05, 0.1) is 5.56 Å². The van der Waals surface area contributed by atoms with Crippen molar-refractivity contribution in [1.82, 2.24) is 0 Å². The van der Waals surface area contributed by atoms with Crippen LogP contribution >= 0.6 is 0 Å². The maximum atomic E-state index is 12.9. The topological polar surface area (TPSA) is 26.3 Å². The first kappa shape index (κ1) is 22.0. The summed E-state index contributed by atoms with van der Waals surface area (Å²) in [6, 6.07) is 8.21. The van der Waals surface area contributed by atoms with Gasteiger partial charge in [-0.1, -0.05) is 67.0 Å². The fourth-order valence-electron chi connectivity index (χ4n) is 4.31. The van der Waals surface area contributed by atoms with Gasteiger partial charge in [-0.3, -0.25) is 0 Å². The Morgan fingerprint density at radius 2 is 1.74 bits per heavy atom. The Hall–Kier alpha value is -1.31. The smallest absolute Gasteiger partial charge is 0.338 e. The second-order valence-corrected chi connectivity index (χ2v) is 10.4. The Morgan fingerprint density at radius 1 is 1.11 bits per heavy atom. The highest BCUT2D eigenvalue weighted by molar-refractivity contribution is 5.90. The van der Waals surface area contributed by atoms with Gasteiger partial charge < -0.3 is 4.74 Å². The number of hydrogen-bond acceptors (Lipinski definition) is 2. The molecule has 0 N–H and O–H groups in total. The van der Waals surface area contributed by atoms with Crippen molar-refractivity contribution < 1.29 is 9.53 Å². The van der Waals surface area contributed by atoms with Crippen LogP contribution in [-0.2, 0) is 4.74 Å². The van der Waals surface area contributed by atoms with Gasteiger partial charge in [0.15, 0.2) is 0 Å². The van der Waals surface area contributed by atoms with Crippen LogP contribution in [-0.4, -0.2) is 11.6 Å². The van der Waals surface area contributed by atoms with Crippen molar-refractivity contribution in [3.8, 4) is 0 Å². The molecule has 27 heavy (non-hydrogen) atoms. The van der Waals surface area contributed by atoms with E-state index in [1.165, 1.54) is 18.4 Å². The lowest BCUT2D eigenvalue weighted by atomic mass is 9.68. The van der Waals surface area contributed by atoms with E-state index in [0.29, 0.717) is 11.5 Å². The van der Waals surface area contributed by atoms with Crippen molar-refractivity contribution in [2.75, 3.05) is 0 Å². The van der Waals surface area contributed by atoms with Gasteiger partial charge in [0.25, 0.3) is 0 Å². The molecule has 1 aromatic carbocycles. The Kier molecular flexibility index (Phi) is 6.81. The zero-order valence-corrected chi connectivity index (χ0v) is 18.7. The lowest BCUT2D eigenvalue weighted by molar-refractivity contribution is -0.0172. The number of ether oxygens (including phenoxy) is 1. The van der Waals surface area contributed by atoms with Crippen LogP contribution in [0.4, 0.5) is 0 Å². The lowest BCUT2D eigenvalue weighted by Crippen LogP contribution is -2.31. The Bertz CT molecular complexity index is 630. The zero-order valence-electron chi connectivity index (χ0n) is 18.7. The normalized spacial score (nSPS) is 18.3. The van der Waals surface area contributed by atoms with Crippen molar-refractivity contribution in [3.63, 3.8) is 0 Å². The van der Waals surface area contributed by atoms with E-state index in [1.54, 1.807) is 0 Å². The van der Waals surface area contributed by atoms with Gasteiger partial charge in [0, 0.05) is 0 Å². The third-order valence-electron chi connectivity index (χ3n) is 6.75. The molecule has 0 heterocycles. The first-order valence-electron chi connectivity index (χ1n) is 10.9. The molecule has 0 aromatic heterocycles. The second-order valence-electron chi connectivity index (χ2n) is 10.4. The molecular weight excluding hydrogens is 332 g/mol. The molecule has 0 aliphatic heterocycles. The van der Waals surface area contributed by atoms with E-state index >= 15 is 0 Å². The van der Waals surface area contributed by atoms with Crippen molar-refractivity contribution in [3.05, 3.63) is 35.4 Å². The third kappa shape index (κ3) is 5.59. The number of carbonyl (C=O) groups excluding carboxylic acids is 1. The fraction of sp³-hybridized carbons (Fsp3) is 0.720. The summed E-state index contributed by atoms with van der Waals surface area (Å²) in [7, 11) is 0. The molecule has 1 aromatic rings. The maximum Gasteiger partial charge on any atom is 0.338 e. The standard InChI is InChI=1S/C25H40O2/c1-8-24(6,7)18-21(23(3,4)5)19-13-12-14-20(17-19)22(26)27-25(9-2)15-10-11-16-25/h12-14,17,21H,8-11,15-16,18H2,1-7H3. The summed E-state index contributed by atoms with van der Waals surface area (Å²) in [6.45, 7) is 16.0. The summed E-state index contributed by atoms with van der Waals surface area (Å²) in [5.74, 6) is 0.259. The molecule has 1 fully saturated rings. The van der Waals surface area contributed by atoms with Gasteiger partial charge in [-0.2, -0.15) is 0 Å². The van der Waals surface area contributed by atoms with E-state index in [2.05, 4.69) is 60.6 Å². The van der Waals surface area contributed by atoms with E-state index in [9.17, 15) is 4.79 Å². The first-order valence-corrected chi connectivity index (χ1v) is 10.9. The number of hydrogen-bond donors (Lipinski definition) is 0. The van der Waals surface area contributed by atoms with E-state index in [0.717, 1.165) is 32.1 Å². The number of rotatable bonds is 7. The summed E-state index contributed by atoms with van der Waals surface area (Å²) in [5, 5.41) is 0. The summed E-state index contributed by atoms with van der Waals surface area (Å²) >= 11 is 0. The molecule has 0 bridgehead atoms. The second kappa shape index (κ2) is 8.37. The average Bonchev–Trinajstić information content (AvgIpc) is 3.08. The summed E-state index contributed by atoms with van der Waals surface area (Å²) in [6.07, 6.45) is 7.52. The van der Waals surface area contributed by atoms with E-state index in [4.69, 9.17) is 4.74 Å². The summed E-state index contributed by atoms with van der Waals surface area (Å²) in [4.78, 5) is 12.9. The van der Waals surface area contributed by atoms with E-state index < -0.39 is 0 Å². The van der Waals surface area contributed by atoms with Gasteiger partial charge in [-0.15, -0.1) is 0 Å². The van der Waals surface area contributed by atoms with Crippen molar-refractivity contribution in [2.45, 2.75) is 105 Å². The van der Waals surface area contributed by atoms with Crippen molar-refractivity contribution in [2.24, 2.45) is 10.8 Å². The number of carbonyl (C=O) groups is 1. The molecule has 0 spiro atoms. The molecule has 2 heteroatoms. The molecule has 0 amide bonds. The van der Waals surface area contributed by atoms with Crippen LogP contribution in [0.25, 0.3) is 0 Å². The molecule has 1 aliphatic rings. The fourth-order valence-corrected chi connectivity index (χ4v) is 4.31. The molecule has 1 atom stereocenters. The van der Waals surface area contributed by atoms with E-state index in [1.807, 2.05) is 12.1 Å². The van der Waals surface area contributed by atoms with Crippen LogP contribution in [0.15, 0.2) is 24.3 Å². The molecule has 1 saturated carbocycles. The summed E-state index contributed by atoms with van der Waals surface area (Å²) < 4.78 is 6.04. The molecule has 152 valence electrons. The van der Waals surface area contributed by atoms with Gasteiger partial charge in [0.2, 0.25) is 0 Å². The van der Waals surface area contributed by atoms with Crippen LogP contribution in [0.3, 0.4) is 0 Å². The van der Waals surface area contributed by atoms with Crippen molar-refractivity contribution in [1.29, 1.82) is 0 Å². The van der Waals surface area contributed by atoms with Gasteiger partial charge >= 0.3 is 5.97 Å². The van der Waals surface area contributed by atoms with Crippen LogP contribution in [0, 0.1) is 10.8 Å². The Morgan fingerprint density at radius 3 is 2.26 bits per heavy atom. The molecular formula is C25H40O2. The molecule has 2 nitrogen and oxygen atoms in total. The molecule has 1 aliphatic carbocycles. The van der Waals surface area contributed by atoms with E-state index in [-0.39, 0.29) is 22.4 Å². The highest BCUT2D eigenvalue weighted by atomic mass is 16.6. The third-order valence-corrected chi connectivity index (χ3v) is 6.75. The minimum Gasteiger partial charge on any atom is -0.455 e. The monoisotopic (exact) mass is 372 g/mol. The average molecular weight is 373 g/mol. The van der Waals surface area contributed by atoms with Gasteiger partial charge in [0.1, 0.15) is 5.60 Å². The first-order chi connectivity index (χ1) is 12.5. The minimum atomic E-state index is -0.235. The predicted octanol–water partition coefficient (Wildman–Crippen LogP) is 7.52. The zero-order chi connectivity index (χ0) is 20.3. The Balaban J connectivity index is 2.27. The highest BCUT2D eigenvalue weighted by Crippen LogP contribution is 2.44. The summed E-state index contributed by atoms with van der Waals surface area (Å²) in [5.41, 5.74) is 2.15. The van der Waals surface area contributed by atoms with Crippen molar-refractivity contribution >= 4 is 5.97 Å². The number of benzene rings is 1. The van der Waals surface area contributed by atoms with Gasteiger partial charge in [-0.05, 0) is 73.0 Å². The molecule has 2 rings (SSSR count). The maximum absolute atomic E-state index is 12.9.